The number of nitrogens with zero attached hydrogens (tertiary/aromatic N) is 2. The van der Waals surface area contributed by atoms with Gasteiger partial charge < -0.3 is 16.0 Å². The Labute approximate surface area is 177 Å². The fourth-order valence-corrected chi connectivity index (χ4v) is 3.05. The van der Waals surface area contributed by atoms with E-state index in [-0.39, 0.29) is 42.3 Å². The van der Waals surface area contributed by atoms with Gasteiger partial charge in [0.1, 0.15) is 5.01 Å². The Hall–Kier alpha value is -1.11. The molecule has 1 aliphatic rings. The second kappa shape index (κ2) is 11.7. The van der Waals surface area contributed by atoms with Gasteiger partial charge in [-0.05, 0) is 26.2 Å². The van der Waals surface area contributed by atoms with E-state index in [0.29, 0.717) is 30.6 Å². The molecule has 0 radical (unpaired) electrons. The summed E-state index contributed by atoms with van der Waals surface area (Å²) in [5, 5.41) is 10.3. The zero-order valence-electron chi connectivity index (χ0n) is 15.1. The molecule has 1 aliphatic carbocycles. The molecular weight excluding hydrogens is 494 g/mol. The number of thiazole rings is 1. The highest BCUT2D eigenvalue weighted by molar-refractivity contribution is 14.0. The summed E-state index contributed by atoms with van der Waals surface area (Å²) in [6.07, 6.45) is -0.600. The molecular formula is C16H25F3IN5OS. The van der Waals surface area contributed by atoms with Crippen molar-refractivity contribution in [3.63, 3.8) is 0 Å². The van der Waals surface area contributed by atoms with Crippen LogP contribution in [0.4, 0.5) is 13.2 Å². The molecule has 3 N–H and O–H groups in total. The van der Waals surface area contributed by atoms with Crippen LogP contribution in [0.15, 0.2) is 10.4 Å². The summed E-state index contributed by atoms with van der Waals surface area (Å²) in [6.45, 7) is 3.80. The topological polar surface area (TPSA) is 78.4 Å². The lowest BCUT2D eigenvalue weighted by Gasteiger charge is -2.24. The number of carbonyl (C=O) groups excluding carboxylic acids is 1. The minimum absolute atomic E-state index is 0. The molecule has 0 aliphatic heterocycles. The summed E-state index contributed by atoms with van der Waals surface area (Å²) in [5.41, 5.74) is -0.882. The van der Waals surface area contributed by atoms with Crippen LogP contribution in [0.25, 0.3) is 0 Å². The van der Waals surface area contributed by atoms with E-state index in [0.717, 1.165) is 42.4 Å². The van der Waals surface area contributed by atoms with Crippen molar-refractivity contribution in [1.82, 2.24) is 20.9 Å². The van der Waals surface area contributed by atoms with Crippen LogP contribution in [0, 0.1) is 5.92 Å². The number of hydrogen-bond acceptors (Lipinski definition) is 4. The van der Waals surface area contributed by atoms with Gasteiger partial charge in [0, 0.05) is 30.9 Å². The highest BCUT2D eigenvalue weighted by Gasteiger charge is 2.33. The van der Waals surface area contributed by atoms with Crippen LogP contribution >= 0.6 is 35.3 Å². The van der Waals surface area contributed by atoms with Crippen LogP contribution in [-0.2, 0) is 17.5 Å². The Balaban J connectivity index is 0.00000364. The Bertz CT molecular complexity index is 619. The third-order valence-corrected chi connectivity index (χ3v) is 4.81. The molecule has 0 saturated heterocycles. The van der Waals surface area contributed by atoms with E-state index in [2.05, 4.69) is 25.9 Å². The van der Waals surface area contributed by atoms with Crippen LogP contribution in [-0.4, -0.2) is 36.5 Å². The number of guanidine groups is 1. The first-order chi connectivity index (χ1) is 12.4. The number of aliphatic imine (C=N–C) groups is 1. The first kappa shape index (κ1) is 23.9. The Kier molecular flexibility index (Phi) is 10.3. The lowest BCUT2D eigenvalue weighted by molar-refractivity contribution is -0.140. The summed E-state index contributed by atoms with van der Waals surface area (Å²) in [7, 11) is 0. The molecule has 6 nitrogen and oxygen atoms in total. The molecule has 1 saturated carbocycles. The third-order valence-electron chi connectivity index (χ3n) is 3.98. The van der Waals surface area contributed by atoms with Gasteiger partial charge in [-0.15, -0.1) is 35.3 Å². The number of alkyl halides is 3. The highest BCUT2D eigenvalue weighted by Crippen LogP contribution is 2.30. The molecule has 1 amide bonds. The van der Waals surface area contributed by atoms with Crippen LogP contribution in [0.5, 0.6) is 0 Å². The van der Waals surface area contributed by atoms with Gasteiger partial charge in [0.05, 0.1) is 6.54 Å². The largest absolute Gasteiger partial charge is 0.434 e. The number of rotatable bonds is 8. The van der Waals surface area contributed by atoms with Crippen LogP contribution in [0.3, 0.4) is 0 Å². The molecule has 0 spiro atoms. The maximum atomic E-state index is 12.5. The molecule has 0 atom stereocenters. The quantitative estimate of drug-likeness (QED) is 0.214. The van der Waals surface area contributed by atoms with Crippen LogP contribution < -0.4 is 16.0 Å². The molecule has 154 valence electrons. The monoisotopic (exact) mass is 519 g/mol. The third kappa shape index (κ3) is 8.20. The number of carbonyl (C=O) groups is 1. The Morgan fingerprint density at radius 2 is 2.00 bits per heavy atom. The van der Waals surface area contributed by atoms with E-state index in [9.17, 15) is 18.0 Å². The van der Waals surface area contributed by atoms with Gasteiger partial charge in [0.15, 0.2) is 11.7 Å². The number of nitrogens with one attached hydrogen (secondary N) is 3. The molecule has 1 aromatic heterocycles. The Morgan fingerprint density at radius 1 is 1.30 bits per heavy atom. The minimum Gasteiger partial charge on any atom is -0.357 e. The van der Waals surface area contributed by atoms with Crippen molar-refractivity contribution >= 4 is 47.2 Å². The summed E-state index contributed by atoms with van der Waals surface area (Å²) in [4.78, 5) is 19.5. The molecule has 0 unspecified atom stereocenters. The molecule has 0 aromatic carbocycles. The number of hydrogen-bond donors (Lipinski definition) is 3. The second-order valence-electron chi connectivity index (χ2n) is 6.02. The number of halogens is 4. The molecule has 27 heavy (non-hydrogen) atoms. The van der Waals surface area contributed by atoms with Crippen molar-refractivity contribution in [3.8, 4) is 0 Å². The highest BCUT2D eigenvalue weighted by atomic mass is 127. The first-order valence-corrected chi connectivity index (χ1v) is 9.59. The van der Waals surface area contributed by atoms with Crippen molar-refractivity contribution in [3.05, 3.63) is 16.1 Å². The van der Waals surface area contributed by atoms with Gasteiger partial charge in [-0.25, -0.2) is 9.98 Å². The predicted octanol–water partition coefficient (Wildman–Crippen LogP) is 3.14. The van der Waals surface area contributed by atoms with Crippen molar-refractivity contribution in [2.45, 2.75) is 45.3 Å². The average molecular weight is 519 g/mol. The predicted molar refractivity (Wildman–Crippen MR) is 110 cm³/mol. The van der Waals surface area contributed by atoms with E-state index in [4.69, 9.17) is 0 Å². The fraction of sp³-hybridized carbons (Fsp3) is 0.688. The molecule has 11 heteroatoms. The second-order valence-corrected chi connectivity index (χ2v) is 6.96. The van der Waals surface area contributed by atoms with Crippen LogP contribution in [0.1, 0.15) is 43.3 Å². The van der Waals surface area contributed by atoms with E-state index >= 15 is 0 Å². The fourth-order valence-electron chi connectivity index (χ4n) is 2.32. The van der Waals surface area contributed by atoms with E-state index in [1.165, 1.54) is 0 Å². The average Bonchev–Trinajstić information content (AvgIpc) is 2.99. The normalized spacial score (nSPS) is 14.9. The van der Waals surface area contributed by atoms with Gasteiger partial charge in [-0.1, -0.05) is 6.42 Å². The molecule has 2 rings (SSSR count). The smallest absolute Gasteiger partial charge is 0.357 e. The van der Waals surface area contributed by atoms with Gasteiger partial charge in [0.2, 0.25) is 5.91 Å². The summed E-state index contributed by atoms with van der Waals surface area (Å²) in [6, 6.07) is 0. The van der Waals surface area contributed by atoms with Crippen LogP contribution in [0.2, 0.25) is 0 Å². The molecule has 1 aromatic rings. The summed E-state index contributed by atoms with van der Waals surface area (Å²) in [5.74, 6) is 0.823. The van der Waals surface area contributed by atoms with Crippen molar-refractivity contribution in [2.75, 3.05) is 19.6 Å². The lowest BCUT2D eigenvalue weighted by atomic mass is 9.85. The zero-order valence-corrected chi connectivity index (χ0v) is 18.2. The zero-order chi connectivity index (χ0) is 19.0. The van der Waals surface area contributed by atoms with Gasteiger partial charge >= 0.3 is 6.18 Å². The van der Waals surface area contributed by atoms with E-state index in [1.807, 2.05) is 6.92 Å². The maximum Gasteiger partial charge on any atom is 0.434 e. The van der Waals surface area contributed by atoms with Gasteiger partial charge in [-0.3, -0.25) is 4.79 Å². The Morgan fingerprint density at radius 3 is 2.56 bits per heavy atom. The SMILES string of the molecule is CCNC(=NCc1nc(C(F)(F)F)cs1)NCCCNC(=O)C1CCC1.I. The minimum atomic E-state index is -4.43. The number of aromatic nitrogens is 1. The van der Waals surface area contributed by atoms with E-state index in [1.54, 1.807) is 0 Å². The lowest BCUT2D eigenvalue weighted by Crippen LogP contribution is -2.39. The molecule has 1 heterocycles. The first-order valence-electron chi connectivity index (χ1n) is 8.71. The van der Waals surface area contributed by atoms with Crippen molar-refractivity contribution in [2.24, 2.45) is 10.9 Å². The maximum absolute atomic E-state index is 12.5. The molecule has 1 fully saturated rings. The summed E-state index contributed by atoms with van der Waals surface area (Å²) < 4.78 is 37.6. The van der Waals surface area contributed by atoms with E-state index < -0.39 is 11.9 Å². The van der Waals surface area contributed by atoms with Gasteiger partial charge in [0.25, 0.3) is 0 Å². The molecule has 0 bridgehead atoms. The number of amides is 1. The summed E-state index contributed by atoms with van der Waals surface area (Å²) >= 11 is 0.941. The van der Waals surface area contributed by atoms with Gasteiger partial charge in [-0.2, -0.15) is 13.2 Å². The van der Waals surface area contributed by atoms with Crippen molar-refractivity contribution < 1.29 is 18.0 Å². The van der Waals surface area contributed by atoms with Crippen molar-refractivity contribution in [1.29, 1.82) is 0 Å². The standard InChI is InChI=1S/C16H24F3N5OS.HI/c1-2-20-15(22-8-4-7-21-14(25)11-5-3-6-11)23-9-13-24-12(10-26-13)16(17,18)19;/h10-11H,2-9H2,1H3,(H,21,25)(H2,20,22,23);1H.